The van der Waals surface area contributed by atoms with Crippen LogP contribution in [-0.4, -0.2) is 15.0 Å². The van der Waals surface area contributed by atoms with Gasteiger partial charge in [-0.2, -0.15) is 0 Å². The SMILES string of the molecule is C[Se]C([NH2+]Cc1ccccc1)c1ccccc1. The van der Waals surface area contributed by atoms with Crippen LogP contribution in [0.1, 0.15) is 16.1 Å². The van der Waals surface area contributed by atoms with Gasteiger partial charge < -0.3 is 0 Å². The summed E-state index contributed by atoms with van der Waals surface area (Å²) < 4.78 is 0. The van der Waals surface area contributed by atoms with Gasteiger partial charge in [0.15, 0.2) is 0 Å². The predicted octanol–water partition coefficient (Wildman–Crippen LogP) is 2.20. The Morgan fingerprint density at radius 2 is 1.53 bits per heavy atom. The fourth-order valence-electron chi connectivity index (χ4n) is 1.87. The zero-order chi connectivity index (χ0) is 11.9. The van der Waals surface area contributed by atoms with Crippen LogP contribution in [0.15, 0.2) is 60.7 Å². The molecule has 1 atom stereocenters. The van der Waals surface area contributed by atoms with Crippen LogP contribution >= 0.6 is 0 Å². The molecule has 2 aromatic carbocycles. The fraction of sp³-hybridized carbons (Fsp3) is 0.200. The van der Waals surface area contributed by atoms with Crippen LogP contribution < -0.4 is 5.32 Å². The normalized spacial score (nSPS) is 12.3. The van der Waals surface area contributed by atoms with Crippen LogP contribution in [0.4, 0.5) is 0 Å². The molecule has 0 amide bonds. The maximum absolute atomic E-state index is 2.45. The van der Waals surface area contributed by atoms with E-state index in [1.165, 1.54) is 11.1 Å². The van der Waals surface area contributed by atoms with Gasteiger partial charge in [-0.25, -0.2) is 0 Å². The summed E-state index contributed by atoms with van der Waals surface area (Å²) in [5.74, 6) is 2.31. The predicted molar refractivity (Wildman–Crippen MR) is 72.9 cm³/mol. The molecule has 0 heterocycles. The monoisotopic (exact) mass is 292 g/mol. The Labute approximate surface area is 109 Å². The summed E-state index contributed by atoms with van der Waals surface area (Å²) >= 11 is 0.621. The van der Waals surface area contributed by atoms with Gasteiger partial charge in [0.05, 0.1) is 0 Å². The summed E-state index contributed by atoms with van der Waals surface area (Å²) in [6.45, 7) is 1.07. The molecule has 0 spiro atoms. The van der Waals surface area contributed by atoms with E-state index in [2.05, 4.69) is 71.8 Å². The molecule has 0 aromatic heterocycles. The molecule has 0 aliphatic carbocycles. The van der Waals surface area contributed by atoms with E-state index in [4.69, 9.17) is 0 Å². The molecule has 88 valence electrons. The molecule has 1 nitrogen and oxygen atoms in total. The van der Waals surface area contributed by atoms with Crippen molar-refractivity contribution in [3.05, 3.63) is 71.8 Å². The molecule has 2 heteroatoms. The minimum atomic E-state index is 0.621. The quantitative estimate of drug-likeness (QED) is 0.813. The average molecular weight is 291 g/mol. The van der Waals surface area contributed by atoms with Crippen LogP contribution in [0.2, 0.25) is 5.82 Å². The molecule has 0 radical (unpaired) electrons. The van der Waals surface area contributed by atoms with Crippen LogP contribution in [0, 0.1) is 0 Å². The molecule has 0 fully saturated rings. The first-order valence-electron chi connectivity index (χ1n) is 5.85. The van der Waals surface area contributed by atoms with Gasteiger partial charge in [0.1, 0.15) is 0 Å². The molecular weight excluding hydrogens is 273 g/mol. The third kappa shape index (κ3) is 3.71. The van der Waals surface area contributed by atoms with Crippen molar-refractivity contribution in [3.63, 3.8) is 0 Å². The molecule has 0 bridgehead atoms. The van der Waals surface area contributed by atoms with E-state index in [0.29, 0.717) is 19.9 Å². The van der Waals surface area contributed by atoms with Crippen molar-refractivity contribution >= 4 is 15.0 Å². The fourth-order valence-corrected chi connectivity index (χ4v) is 3.37. The third-order valence-electron chi connectivity index (χ3n) is 2.79. The van der Waals surface area contributed by atoms with E-state index < -0.39 is 0 Å². The first kappa shape index (κ1) is 12.4. The van der Waals surface area contributed by atoms with E-state index in [1.807, 2.05) is 0 Å². The number of hydrogen-bond donors (Lipinski definition) is 1. The van der Waals surface area contributed by atoms with Crippen molar-refractivity contribution in [1.29, 1.82) is 0 Å². The van der Waals surface area contributed by atoms with E-state index >= 15 is 0 Å². The maximum atomic E-state index is 2.45. The minimum absolute atomic E-state index is 0.621. The summed E-state index contributed by atoms with van der Waals surface area (Å²) in [5, 5.41) is 2.45. The van der Waals surface area contributed by atoms with Gasteiger partial charge in [0.25, 0.3) is 0 Å². The number of hydrogen-bond acceptors (Lipinski definition) is 0. The van der Waals surface area contributed by atoms with E-state index in [-0.39, 0.29) is 0 Å². The average Bonchev–Trinajstić information content (AvgIpc) is 2.42. The van der Waals surface area contributed by atoms with Crippen LogP contribution in [0.25, 0.3) is 0 Å². The van der Waals surface area contributed by atoms with E-state index in [1.54, 1.807) is 0 Å². The molecule has 2 N–H and O–H groups in total. The van der Waals surface area contributed by atoms with Crippen molar-refractivity contribution < 1.29 is 5.32 Å². The Bertz CT molecular complexity index is 427. The summed E-state index contributed by atoms with van der Waals surface area (Å²) in [5.41, 5.74) is 2.85. The molecule has 2 aromatic rings. The van der Waals surface area contributed by atoms with Gasteiger partial charge in [-0.3, -0.25) is 0 Å². The van der Waals surface area contributed by atoms with Crippen LogP contribution in [0.3, 0.4) is 0 Å². The van der Waals surface area contributed by atoms with Crippen molar-refractivity contribution in [1.82, 2.24) is 0 Å². The molecule has 0 saturated carbocycles. The Kier molecular flexibility index (Phi) is 4.81. The van der Waals surface area contributed by atoms with Gasteiger partial charge in [-0.15, -0.1) is 0 Å². The zero-order valence-corrected chi connectivity index (χ0v) is 11.8. The Morgan fingerprint density at radius 3 is 2.12 bits per heavy atom. The van der Waals surface area contributed by atoms with Crippen LogP contribution in [-0.2, 0) is 6.54 Å². The van der Waals surface area contributed by atoms with E-state index in [9.17, 15) is 0 Å². The first-order chi connectivity index (χ1) is 8.40. The van der Waals surface area contributed by atoms with Crippen molar-refractivity contribution in [2.75, 3.05) is 0 Å². The van der Waals surface area contributed by atoms with Gasteiger partial charge in [0.2, 0.25) is 0 Å². The Balaban J connectivity index is 1.97. The molecular formula is C15H18NSe+. The number of quaternary nitrogens is 1. The van der Waals surface area contributed by atoms with Crippen molar-refractivity contribution in [2.45, 2.75) is 17.3 Å². The zero-order valence-electron chi connectivity index (χ0n) is 10.0. The van der Waals surface area contributed by atoms with Gasteiger partial charge >= 0.3 is 109 Å². The number of benzene rings is 2. The molecule has 0 aliphatic heterocycles. The van der Waals surface area contributed by atoms with Gasteiger partial charge in [-0.1, -0.05) is 0 Å². The van der Waals surface area contributed by atoms with E-state index in [0.717, 1.165) is 6.54 Å². The second-order valence-electron chi connectivity index (χ2n) is 3.99. The van der Waals surface area contributed by atoms with Gasteiger partial charge in [0, 0.05) is 0 Å². The van der Waals surface area contributed by atoms with Crippen molar-refractivity contribution in [3.8, 4) is 0 Å². The van der Waals surface area contributed by atoms with Crippen LogP contribution in [0.5, 0.6) is 0 Å². The third-order valence-corrected chi connectivity index (χ3v) is 4.83. The summed E-state index contributed by atoms with van der Waals surface area (Å²) in [6, 6.07) is 21.5. The first-order valence-corrected chi connectivity index (χ1v) is 8.55. The molecule has 17 heavy (non-hydrogen) atoms. The number of nitrogens with two attached hydrogens (primary N) is 1. The summed E-state index contributed by atoms with van der Waals surface area (Å²) in [6.07, 6.45) is 0. The Morgan fingerprint density at radius 1 is 0.941 bits per heavy atom. The molecule has 2 rings (SSSR count). The second kappa shape index (κ2) is 6.61. The molecule has 1 unspecified atom stereocenters. The molecule has 0 aliphatic rings. The standard InChI is InChI=1S/C15H17NSe/c1-17-15(14-10-6-3-7-11-14)16-12-13-8-4-2-5-9-13/h2-11,15-16H,12H2,1H3/p+1. The Hall–Kier alpha value is -1.08. The second-order valence-corrected chi connectivity index (χ2v) is 6.05. The number of rotatable bonds is 5. The topological polar surface area (TPSA) is 16.6 Å². The van der Waals surface area contributed by atoms with Crippen molar-refractivity contribution in [2.24, 2.45) is 0 Å². The summed E-state index contributed by atoms with van der Waals surface area (Å²) in [4.78, 5) is 0.629. The molecule has 0 saturated heterocycles. The van der Waals surface area contributed by atoms with Gasteiger partial charge in [-0.05, 0) is 0 Å². The summed E-state index contributed by atoms with van der Waals surface area (Å²) in [7, 11) is 0.